The zero-order valence-electron chi connectivity index (χ0n) is 8.05. The highest BCUT2D eigenvalue weighted by Gasteiger charge is 2.19. The SMILES string of the molecule is CC(CC1CCC1)NCCCO. The van der Waals surface area contributed by atoms with Crippen molar-refractivity contribution in [3.63, 3.8) is 0 Å². The summed E-state index contributed by atoms with van der Waals surface area (Å²) in [5, 5.41) is 12.0. The van der Waals surface area contributed by atoms with Crippen LogP contribution >= 0.6 is 0 Å². The van der Waals surface area contributed by atoms with Gasteiger partial charge in [0.1, 0.15) is 0 Å². The minimum Gasteiger partial charge on any atom is -0.396 e. The summed E-state index contributed by atoms with van der Waals surface area (Å²) in [6.45, 7) is 3.52. The Morgan fingerprint density at radius 2 is 2.25 bits per heavy atom. The summed E-state index contributed by atoms with van der Waals surface area (Å²) in [6, 6.07) is 0.641. The van der Waals surface area contributed by atoms with Crippen LogP contribution in [0.3, 0.4) is 0 Å². The maximum Gasteiger partial charge on any atom is 0.0443 e. The third kappa shape index (κ3) is 3.55. The molecule has 1 unspecified atom stereocenters. The largest absolute Gasteiger partial charge is 0.396 e. The molecule has 0 aromatic rings. The van der Waals surface area contributed by atoms with Crippen molar-refractivity contribution in [2.75, 3.05) is 13.2 Å². The molecule has 1 saturated carbocycles. The molecule has 1 fully saturated rings. The zero-order chi connectivity index (χ0) is 8.81. The Balaban J connectivity index is 1.91. The number of aliphatic hydroxyl groups excluding tert-OH is 1. The van der Waals surface area contributed by atoms with Gasteiger partial charge in [0.05, 0.1) is 0 Å². The standard InChI is InChI=1S/C10H21NO/c1-9(11-6-3-7-12)8-10-4-2-5-10/h9-12H,2-8H2,1H3. The van der Waals surface area contributed by atoms with Crippen molar-refractivity contribution >= 4 is 0 Å². The normalized spacial score (nSPS) is 20.5. The van der Waals surface area contributed by atoms with Gasteiger partial charge in [-0.3, -0.25) is 0 Å². The summed E-state index contributed by atoms with van der Waals surface area (Å²) in [6.07, 6.45) is 6.52. The molecule has 0 saturated heterocycles. The Hall–Kier alpha value is -0.0800. The second-order valence-corrected chi connectivity index (χ2v) is 3.96. The van der Waals surface area contributed by atoms with Crippen LogP contribution in [-0.4, -0.2) is 24.3 Å². The molecule has 0 radical (unpaired) electrons. The molecule has 0 spiro atoms. The molecule has 0 aromatic heterocycles. The summed E-state index contributed by atoms with van der Waals surface area (Å²) < 4.78 is 0. The first-order chi connectivity index (χ1) is 5.83. The van der Waals surface area contributed by atoms with E-state index >= 15 is 0 Å². The predicted octanol–water partition coefficient (Wildman–Crippen LogP) is 1.54. The van der Waals surface area contributed by atoms with E-state index in [0.29, 0.717) is 12.6 Å². The van der Waals surface area contributed by atoms with Crippen molar-refractivity contribution in [1.29, 1.82) is 0 Å². The van der Waals surface area contributed by atoms with Crippen LogP contribution in [0.4, 0.5) is 0 Å². The maximum absolute atomic E-state index is 8.58. The van der Waals surface area contributed by atoms with E-state index < -0.39 is 0 Å². The molecule has 1 aliphatic rings. The summed E-state index contributed by atoms with van der Waals surface area (Å²) in [5.74, 6) is 0.988. The second-order valence-electron chi connectivity index (χ2n) is 3.96. The van der Waals surface area contributed by atoms with Crippen LogP contribution in [0.25, 0.3) is 0 Å². The van der Waals surface area contributed by atoms with E-state index in [1.54, 1.807) is 0 Å². The van der Waals surface area contributed by atoms with Gasteiger partial charge in [-0.15, -0.1) is 0 Å². The smallest absolute Gasteiger partial charge is 0.0443 e. The summed E-state index contributed by atoms with van der Waals surface area (Å²) in [4.78, 5) is 0. The van der Waals surface area contributed by atoms with Crippen LogP contribution in [0.15, 0.2) is 0 Å². The van der Waals surface area contributed by atoms with Gasteiger partial charge in [-0.25, -0.2) is 0 Å². The van der Waals surface area contributed by atoms with Crippen molar-refractivity contribution in [3.05, 3.63) is 0 Å². The van der Waals surface area contributed by atoms with Crippen molar-refractivity contribution in [1.82, 2.24) is 5.32 Å². The Kier molecular flexibility index (Phi) is 4.62. The third-order valence-corrected chi connectivity index (χ3v) is 2.74. The lowest BCUT2D eigenvalue weighted by atomic mass is 9.81. The summed E-state index contributed by atoms with van der Waals surface area (Å²) in [7, 11) is 0. The van der Waals surface area contributed by atoms with E-state index in [4.69, 9.17) is 5.11 Å². The molecule has 0 aromatic carbocycles. The lowest BCUT2D eigenvalue weighted by Crippen LogP contribution is -2.31. The van der Waals surface area contributed by atoms with Gasteiger partial charge in [-0.1, -0.05) is 19.3 Å². The molecule has 1 rings (SSSR count). The first kappa shape index (κ1) is 10.0. The average Bonchev–Trinajstić information content (AvgIpc) is 1.98. The average molecular weight is 171 g/mol. The van der Waals surface area contributed by atoms with Gasteiger partial charge in [0.15, 0.2) is 0 Å². The van der Waals surface area contributed by atoms with E-state index in [1.807, 2.05) is 0 Å². The van der Waals surface area contributed by atoms with Crippen LogP contribution < -0.4 is 5.32 Å². The fourth-order valence-electron chi connectivity index (χ4n) is 1.74. The molecule has 1 aliphatic carbocycles. The second kappa shape index (κ2) is 5.55. The Morgan fingerprint density at radius 1 is 1.50 bits per heavy atom. The van der Waals surface area contributed by atoms with Gasteiger partial charge in [0.2, 0.25) is 0 Å². The van der Waals surface area contributed by atoms with E-state index in [9.17, 15) is 0 Å². The van der Waals surface area contributed by atoms with Crippen LogP contribution in [-0.2, 0) is 0 Å². The van der Waals surface area contributed by atoms with E-state index in [0.717, 1.165) is 18.9 Å². The third-order valence-electron chi connectivity index (χ3n) is 2.74. The van der Waals surface area contributed by atoms with Crippen LogP contribution in [0.5, 0.6) is 0 Å². The van der Waals surface area contributed by atoms with Crippen molar-refractivity contribution in [2.24, 2.45) is 5.92 Å². The molecular formula is C10H21NO. The zero-order valence-corrected chi connectivity index (χ0v) is 8.05. The number of hydrogen-bond donors (Lipinski definition) is 2. The molecule has 0 bridgehead atoms. The molecule has 0 heterocycles. The van der Waals surface area contributed by atoms with E-state index in [-0.39, 0.29) is 0 Å². The Morgan fingerprint density at radius 3 is 2.75 bits per heavy atom. The monoisotopic (exact) mass is 171 g/mol. The van der Waals surface area contributed by atoms with E-state index in [2.05, 4.69) is 12.2 Å². The number of aliphatic hydroxyl groups is 1. The highest BCUT2D eigenvalue weighted by molar-refractivity contribution is 4.74. The highest BCUT2D eigenvalue weighted by Crippen LogP contribution is 2.30. The minimum atomic E-state index is 0.309. The molecule has 1 atom stereocenters. The molecule has 0 aliphatic heterocycles. The van der Waals surface area contributed by atoms with Crippen LogP contribution in [0.2, 0.25) is 0 Å². The molecule has 2 nitrogen and oxygen atoms in total. The Bertz CT molecular complexity index is 112. The molecule has 2 heteroatoms. The van der Waals surface area contributed by atoms with Crippen LogP contribution in [0.1, 0.15) is 39.0 Å². The number of rotatable bonds is 6. The minimum absolute atomic E-state index is 0.309. The number of hydrogen-bond acceptors (Lipinski definition) is 2. The van der Waals surface area contributed by atoms with Crippen LogP contribution in [0, 0.1) is 5.92 Å². The molecule has 2 N–H and O–H groups in total. The van der Waals surface area contributed by atoms with Gasteiger partial charge in [-0.05, 0) is 32.2 Å². The summed E-state index contributed by atoms with van der Waals surface area (Å²) in [5.41, 5.74) is 0. The lowest BCUT2D eigenvalue weighted by Gasteiger charge is -2.28. The molecule has 72 valence electrons. The maximum atomic E-state index is 8.58. The van der Waals surface area contributed by atoms with Gasteiger partial charge in [0.25, 0.3) is 0 Å². The fraction of sp³-hybridized carbons (Fsp3) is 1.00. The van der Waals surface area contributed by atoms with E-state index in [1.165, 1.54) is 25.7 Å². The quantitative estimate of drug-likeness (QED) is 0.594. The van der Waals surface area contributed by atoms with Gasteiger partial charge < -0.3 is 10.4 Å². The number of nitrogens with one attached hydrogen (secondary N) is 1. The van der Waals surface area contributed by atoms with Crippen molar-refractivity contribution < 1.29 is 5.11 Å². The molecule has 0 amide bonds. The molecule has 12 heavy (non-hydrogen) atoms. The van der Waals surface area contributed by atoms with Gasteiger partial charge in [0, 0.05) is 12.6 Å². The first-order valence-corrected chi connectivity index (χ1v) is 5.17. The fourth-order valence-corrected chi connectivity index (χ4v) is 1.74. The predicted molar refractivity (Wildman–Crippen MR) is 51.1 cm³/mol. The first-order valence-electron chi connectivity index (χ1n) is 5.17. The highest BCUT2D eigenvalue weighted by atomic mass is 16.3. The van der Waals surface area contributed by atoms with Gasteiger partial charge in [-0.2, -0.15) is 0 Å². The summed E-state index contributed by atoms with van der Waals surface area (Å²) >= 11 is 0. The van der Waals surface area contributed by atoms with Gasteiger partial charge >= 0.3 is 0 Å². The topological polar surface area (TPSA) is 32.3 Å². The van der Waals surface area contributed by atoms with Crippen molar-refractivity contribution in [3.8, 4) is 0 Å². The Labute approximate surface area is 75.4 Å². The van der Waals surface area contributed by atoms with Crippen molar-refractivity contribution in [2.45, 2.75) is 45.1 Å². The lowest BCUT2D eigenvalue weighted by molar-refractivity contribution is 0.256. The molecular weight excluding hydrogens is 150 g/mol.